The van der Waals surface area contributed by atoms with Crippen molar-refractivity contribution in [2.24, 2.45) is 0 Å². The zero-order valence-corrected chi connectivity index (χ0v) is 21.5. The van der Waals surface area contributed by atoms with Gasteiger partial charge in [0.05, 0.1) is 29.5 Å². The van der Waals surface area contributed by atoms with Crippen LogP contribution in [-0.4, -0.2) is 54.1 Å². The predicted molar refractivity (Wildman–Crippen MR) is 136 cm³/mol. The standard InChI is InChI=1S/C26H27N7O2S/c1-17-21(14-30-33(17)20-8-10-31(16-20)25(34)35-26(2,3)4)18-11-22(36-23-7-5-6-9-28-23)24-19(12-27)13-29-32(24)15-18/h5-7,9,11,13-15,20H,8,10,16H2,1-4H3/t20-/m0/s1. The summed E-state index contributed by atoms with van der Waals surface area (Å²) in [5.74, 6) is 0. The zero-order valence-electron chi connectivity index (χ0n) is 20.7. The Morgan fingerprint density at radius 1 is 1.25 bits per heavy atom. The first-order valence-corrected chi connectivity index (χ1v) is 12.6. The molecule has 184 valence electrons. The van der Waals surface area contributed by atoms with Crippen molar-refractivity contribution < 1.29 is 9.53 Å². The monoisotopic (exact) mass is 501 g/mol. The van der Waals surface area contributed by atoms with E-state index in [-0.39, 0.29) is 12.1 Å². The summed E-state index contributed by atoms with van der Waals surface area (Å²) in [7, 11) is 0. The maximum absolute atomic E-state index is 12.5. The van der Waals surface area contributed by atoms with Crippen LogP contribution < -0.4 is 0 Å². The first-order chi connectivity index (χ1) is 17.2. The molecule has 0 aliphatic carbocycles. The van der Waals surface area contributed by atoms with Gasteiger partial charge in [-0.2, -0.15) is 15.5 Å². The molecule has 0 saturated carbocycles. The third kappa shape index (κ3) is 4.66. The lowest BCUT2D eigenvalue weighted by molar-refractivity contribution is 0.0288. The van der Waals surface area contributed by atoms with Crippen LogP contribution in [0.4, 0.5) is 4.79 Å². The lowest BCUT2D eigenvalue weighted by Gasteiger charge is -2.24. The summed E-state index contributed by atoms with van der Waals surface area (Å²) in [4.78, 5) is 19.6. The van der Waals surface area contributed by atoms with E-state index in [0.717, 1.165) is 38.7 Å². The van der Waals surface area contributed by atoms with Crippen molar-refractivity contribution in [3.8, 4) is 17.2 Å². The van der Waals surface area contributed by atoms with Gasteiger partial charge < -0.3 is 9.64 Å². The number of nitrogens with zero attached hydrogens (tertiary/aromatic N) is 7. The summed E-state index contributed by atoms with van der Waals surface area (Å²) in [5, 5.41) is 19.6. The Kier molecular flexibility index (Phi) is 6.18. The van der Waals surface area contributed by atoms with Gasteiger partial charge in [-0.1, -0.05) is 17.8 Å². The normalized spacial score (nSPS) is 15.9. The molecule has 0 unspecified atom stereocenters. The van der Waals surface area contributed by atoms with Crippen molar-refractivity contribution >= 4 is 23.4 Å². The van der Waals surface area contributed by atoms with E-state index >= 15 is 0 Å². The van der Waals surface area contributed by atoms with Crippen LogP contribution >= 0.6 is 11.8 Å². The highest BCUT2D eigenvalue weighted by molar-refractivity contribution is 7.99. The van der Waals surface area contributed by atoms with Gasteiger partial charge in [0.1, 0.15) is 16.7 Å². The fourth-order valence-corrected chi connectivity index (χ4v) is 5.39. The minimum atomic E-state index is -0.522. The molecular formula is C26H27N7O2S. The van der Waals surface area contributed by atoms with Crippen LogP contribution in [0.3, 0.4) is 0 Å². The molecule has 0 N–H and O–H groups in total. The van der Waals surface area contributed by atoms with E-state index in [4.69, 9.17) is 9.84 Å². The smallest absolute Gasteiger partial charge is 0.410 e. The number of hydrogen-bond donors (Lipinski definition) is 0. The molecule has 1 saturated heterocycles. The molecule has 1 aliphatic rings. The summed E-state index contributed by atoms with van der Waals surface area (Å²) < 4.78 is 9.29. The van der Waals surface area contributed by atoms with E-state index < -0.39 is 5.60 Å². The third-order valence-electron chi connectivity index (χ3n) is 6.07. The quantitative estimate of drug-likeness (QED) is 0.383. The van der Waals surface area contributed by atoms with Gasteiger partial charge in [-0.25, -0.2) is 14.3 Å². The number of amides is 1. The summed E-state index contributed by atoms with van der Waals surface area (Å²) in [6.07, 6.45) is 7.64. The van der Waals surface area contributed by atoms with Gasteiger partial charge >= 0.3 is 6.09 Å². The van der Waals surface area contributed by atoms with Crippen molar-refractivity contribution in [3.05, 3.63) is 60.3 Å². The number of pyridine rings is 2. The second-order valence-electron chi connectivity index (χ2n) is 9.78. The number of hydrogen-bond acceptors (Lipinski definition) is 7. The highest BCUT2D eigenvalue weighted by Gasteiger charge is 2.32. The summed E-state index contributed by atoms with van der Waals surface area (Å²) >= 11 is 1.50. The number of nitriles is 1. The maximum Gasteiger partial charge on any atom is 0.410 e. The Labute approximate surface area is 213 Å². The molecule has 1 amide bonds. The van der Waals surface area contributed by atoms with Crippen LogP contribution in [0.5, 0.6) is 0 Å². The second-order valence-corrected chi connectivity index (χ2v) is 10.8. The number of rotatable bonds is 4. The average Bonchev–Trinajstić information content (AvgIpc) is 3.56. The lowest BCUT2D eigenvalue weighted by Crippen LogP contribution is -2.35. The minimum Gasteiger partial charge on any atom is -0.444 e. The molecule has 0 bridgehead atoms. The molecule has 0 spiro atoms. The lowest BCUT2D eigenvalue weighted by atomic mass is 10.1. The second kappa shape index (κ2) is 9.32. The zero-order chi connectivity index (χ0) is 25.4. The molecule has 1 fully saturated rings. The largest absolute Gasteiger partial charge is 0.444 e. The molecule has 1 aliphatic heterocycles. The fourth-order valence-electron chi connectivity index (χ4n) is 4.42. The van der Waals surface area contributed by atoms with E-state index in [1.165, 1.54) is 11.8 Å². The van der Waals surface area contributed by atoms with Gasteiger partial charge in [-0.15, -0.1) is 0 Å². The highest BCUT2D eigenvalue weighted by Crippen LogP contribution is 2.36. The van der Waals surface area contributed by atoms with Crippen LogP contribution in [0.25, 0.3) is 16.6 Å². The van der Waals surface area contributed by atoms with E-state index in [0.29, 0.717) is 18.7 Å². The van der Waals surface area contributed by atoms with Crippen molar-refractivity contribution in [1.82, 2.24) is 29.3 Å². The molecule has 5 heterocycles. The molecule has 4 aromatic heterocycles. The number of likely N-dealkylation sites (tertiary alicyclic amines) is 1. The topological polar surface area (TPSA) is 101 Å². The summed E-state index contributed by atoms with van der Waals surface area (Å²) in [6.45, 7) is 8.85. The van der Waals surface area contributed by atoms with Gasteiger partial charge in [0.15, 0.2) is 0 Å². The van der Waals surface area contributed by atoms with E-state index in [1.807, 2.05) is 63.0 Å². The Bertz CT molecular complexity index is 1460. The molecule has 0 aromatic carbocycles. The van der Waals surface area contributed by atoms with Crippen LogP contribution in [0.15, 0.2) is 59.0 Å². The van der Waals surface area contributed by atoms with Crippen LogP contribution in [0, 0.1) is 18.3 Å². The number of ether oxygens (including phenoxy) is 1. The average molecular weight is 502 g/mol. The number of carbonyl (C=O) groups is 1. The Hall–Kier alpha value is -3.84. The first kappa shape index (κ1) is 23.9. The number of aromatic nitrogens is 5. The highest BCUT2D eigenvalue weighted by atomic mass is 32.2. The van der Waals surface area contributed by atoms with E-state index in [2.05, 4.69) is 22.2 Å². The van der Waals surface area contributed by atoms with Gasteiger partial charge in [0.25, 0.3) is 0 Å². The maximum atomic E-state index is 12.5. The predicted octanol–water partition coefficient (Wildman–Crippen LogP) is 5.11. The molecule has 1 atom stereocenters. The summed E-state index contributed by atoms with van der Waals surface area (Å²) in [5.41, 5.74) is 3.67. The molecular weight excluding hydrogens is 474 g/mol. The molecule has 36 heavy (non-hydrogen) atoms. The SMILES string of the molecule is Cc1c(-c2cc(Sc3ccccn3)c3c(C#N)cnn3c2)cnn1[C@H]1CCN(C(=O)OC(C)(C)C)C1. The number of fused-ring (bicyclic) bond motifs is 1. The van der Waals surface area contributed by atoms with Crippen LogP contribution in [0.2, 0.25) is 0 Å². The molecule has 5 rings (SSSR count). The Morgan fingerprint density at radius 2 is 2.08 bits per heavy atom. The van der Waals surface area contributed by atoms with Crippen molar-refractivity contribution in [2.75, 3.05) is 13.1 Å². The van der Waals surface area contributed by atoms with E-state index in [9.17, 15) is 10.1 Å². The first-order valence-electron chi connectivity index (χ1n) is 11.8. The van der Waals surface area contributed by atoms with Gasteiger partial charge in [0, 0.05) is 47.2 Å². The number of carbonyl (C=O) groups excluding carboxylic acids is 1. The van der Waals surface area contributed by atoms with Gasteiger partial charge in [-0.3, -0.25) is 4.68 Å². The van der Waals surface area contributed by atoms with Crippen molar-refractivity contribution in [1.29, 1.82) is 5.26 Å². The van der Waals surface area contributed by atoms with Crippen molar-refractivity contribution in [2.45, 2.75) is 55.7 Å². The Balaban J connectivity index is 1.46. The van der Waals surface area contributed by atoms with Gasteiger partial charge in [0.2, 0.25) is 0 Å². The van der Waals surface area contributed by atoms with E-state index in [1.54, 1.807) is 21.8 Å². The molecule has 9 nitrogen and oxygen atoms in total. The van der Waals surface area contributed by atoms with Crippen LogP contribution in [-0.2, 0) is 4.74 Å². The Morgan fingerprint density at radius 3 is 2.81 bits per heavy atom. The minimum absolute atomic E-state index is 0.0762. The third-order valence-corrected chi connectivity index (χ3v) is 7.05. The van der Waals surface area contributed by atoms with Gasteiger partial charge in [-0.05, 0) is 52.3 Å². The summed E-state index contributed by atoms with van der Waals surface area (Å²) in [6, 6.07) is 10.1. The fraction of sp³-hybridized carbons (Fsp3) is 0.346. The van der Waals surface area contributed by atoms with Crippen molar-refractivity contribution in [3.63, 3.8) is 0 Å². The van der Waals surface area contributed by atoms with Crippen LogP contribution in [0.1, 0.15) is 44.5 Å². The molecule has 10 heteroatoms. The molecule has 0 radical (unpaired) electrons. The molecule has 4 aromatic rings.